The van der Waals surface area contributed by atoms with E-state index < -0.39 is 18.5 Å². The maximum absolute atomic E-state index is 12.2. The van der Waals surface area contributed by atoms with E-state index in [9.17, 15) is 14.4 Å². The Balaban J connectivity index is 1.35. The third-order valence-electron chi connectivity index (χ3n) is 5.72. The van der Waals surface area contributed by atoms with E-state index in [1.807, 2.05) is 19.1 Å². The van der Waals surface area contributed by atoms with Crippen molar-refractivity contribution < 1.29 is 23.9 Å². The number of nitrogens with one attached hydrogen (secondary N) is 2. The standard InChI is InChI=1S/C30H33ClN2O5/c1-20-8-11-22(31)18-26(20)33-28(35)19-37-29(36)7-5-6-27(34)32-23-12-16-25(17-13-23)38-24-14-9-21(10-15-24)30(2,3)4/h8-18H,5-7,19H2,1-4H3,(H,32,34)(H,33,35). The highest BCUT2D eigenvalue weighted by Crippen LogP contribution is 2.27. The summed E-state index contributed by atoms with van der Waals surface area (Å²) in [4.78, 5) is 36.2. The zero-order chi connectivity index (χ0) is 27.7. The molecule has 7 nitrogen and oxygen atoms in total. The van der Waals surface area contributed by atoms with Crippen LogP contribution in [0.15, 0.2) is 66.7 Å². The summed E-state index contributed by atoms with van der Waals surface area (Å²) in [6.07, 6.45) is 0.463. The lowest BCUT2D eigenvalue weighted by atomic mass is 9.87. The molecule has 0 unspecified atom stereocenters. The van der Waals surface area contributed by atoms with Gasteiger partial charge in [-0.15, -0.1) is 0 Å². The van der Waals surface area contributed by atoms with Crippen LogP contribution in [0.4, 0.5) is 11.4 Å². The van der Waals surface area contributed by atoms with Gasteiger partial charge in [0.2, 0.25) is 5.91 Å². The molecule has 0 fully saturated rings. The van der Waals surface area contributed by atoms with E-state index in [1.165, 1.54) is 5.56 Å². The van der Waals surface area contributed by atoms with Crippen molar-refractivity contribution in [1.82, 2.24) is 0 Å². The summed E-state index contributed by atoms with van der Waals surface area (Å²) < 4.78 is 10.9. The minimum Gasteiger partial charge on any atom is -0.457 e. The average Bonchev–Trinajstić information content (AvgIpc) is 2.86. The van der Waals surface area contributed by atoms with Gasteiger partial charge in [-0.3, -0.25) is 14.4 Å². The number of aryl methyl sites for hydroxylation is 1. The van der Waals surface area contributed by atoms with Gasteiger partial charge in [0.05, 0.1) is 0 Å². The van der Waals surface area contributed by atoms with Crippen LogP contribution >= 0.6 is 11.6 Å². The van der Waals surface area contributed by atoms with E-state index in [-0.39, 0.29) is 24.2 Å². The molecule has 200 valence electrons. The Morgan fingerprint density at radius 2 is 1.45 bits per heavy atom. The van der Waals surface area contributed by atoms with E-state index >= 15 is 0 Å². The first-order valence-electron chi connectivity index (χ1n) is 12.4. The lowest BCUT2D eigenvalue weighted by molar-refractivity contribution is -0.147. The monoisotopic (exact) mass is 536 g/mol. The van der Waals surface area contributed by atoms with E-state index in [1.54, 1.807) is 42.5 Å². The van der Waals surface area contributed by atoms with Crippen LogP contribution in [-0.2, 0) is 24.5 Å². The topological polar surface area (TPSA) is 93.7 Å². The summed E-state index contributed by atoms with van der Waals surface area (Å²) in [6, 6.07) is 20.2. The molecule has 8 heteroatoms. The Kier molecular flexibility index (Phi) is 9.91. The normalized spacial score (nSPS) is 11.0. The highest BCUT2D eigenvalue weighted by atomic mass is 35.5. The molecule has 0 aliphatic rings. The van der Waals surface area contributed by atoms with E-state index in [0.717, 1.165) is 11.3 Å². The van der Waals surface area contributed by atoms with Gasteiger partial charge in [0, 0.05) is 29.2 Å². The van der Waals surface area contributed by atoms with Crippen LogP contribution < -0.4 is 15.4 Å². The Labute approximate surface area is 228 Å². The zero-order valence-corrected chi connectivity index (χ0v) is 22.9. The van der Waals surface area contributed by atoms with Gasteiger partial charge >= 0.3 is 5.97 Å². The molecule has 0 aliphatic carbocycles. The van der Waals surface area contributed by atoms with Crippen molar-refractivity contribution in [3.63, 3.8) is 0 Å². The zero-order valence-electron chi connectivity index (χ0n) is 22.1. The number of hydrogen-bond acceptors (Lipinski definition) is 5. The summed E-state index contributed by atoms with van der Waals surface area (Å²) in [5, 5.41) is 5.95. The molecule has 2 N–H and O–H groups in total. The highest BCUT2D eigenvalue weighted by Gasteiger charge is 2.13. The number of esters is 1. The summed E-state index contributed by atoms with van der Waals surface area (Å²) in [5.41, 5.74) is 3.33. The van der Waals surface area contributed by atoms with Crippen molar-refractivity contribution in [2.24, 2.45) is 0 Å². The van der Waals surface area contributed by atoms with Crippen LogP contribution in [-0.4, -0.2) is 24.4 Å². The second-order valence-electron chi connectivity index (χ2n) is 9.97. The third kappa shape index (κ3) is 9.23. The minimum atomic E-state index is -0.548. The Morgan fingerprint density at radius 1 is 0.816 bits per heavy atom. The Morgan fingerprint density at radius 3 is 2.08 bits per heavy atom. The molecule has 0 saturated carbocycles. The van der Waals surface area contributed by atoms with E-state index in [4.69, 9.17) is 21.1 Å². The average molecular weight is 537 g/mol. The Bertz CT molecular complexity index is 1270. The number of hydrogen-bond donors (Lipinski definition) is 2. The molecule has 0 radical (unpaired) electrons. The second kappa shape index (κ2) is 13.1. The number of amides is 2. The number of benzene rings is 3. The van der Waals surface area contributed by atoms with E-state index in [2.05, 4.69) is 43.5 Å². The lowest BCUT2D eigenvalue weighted by Crippen LogP contribution is -2.21. The van der Waals surface area contributed by atoms with Gasteiger partial charge in [-0.25, -0.2) is 0 Å². The molecule has 0 saturated heterocycles. The number of rotatable bonds is 10. The smallest absolute Gasteiger partial charge is 0.306 e. The summed E-state index contributed by atoms with van der Waals surface area (Å²) in [7, 11) is 0. The molecule has 3 rings (SSSR count). The summed E-state index contributed by atoms with van der Waals surface area (Å²) >= 11 is 5.94. The Hall–Kier alpha value is -3.84. The van der Waals surface area contributed by atoms with Crippen LogP contribution in [0.5, 0.6) is 11.5 Å². The molecular formula is C30H33ClN2O5. The van der Waals surface area contributed by atoms with Crippen molar-refractivity contribution in [3.8, 4) is 11.5 Å². The predicted molar refractivity (Wildman–Crippen MR) is 150 cm³/mol. The molecule has 0 atom stereocenters. The van der Waals surface area contributed by atoms with Crippen molar-refractivity contribution in [2.45, 2.75) is 52.4 Å². The molecule has 0 aliphatic heterocycles. The first-order valence-corrected chi connectivity index (χ1v) is 12.8. The van der Waals surface area contributed by atoms with Crippen molar-refractivity contribution in [2.75, 3.05) is 17.2 Å². The van der Waals surface area contributed by atoms with Gasteiger partial charge in [0.1, 0.15) is 11.5 Å². The van der Waals surface area contributed by atoms with Crippen LogP contribution in [0.3, 0.4) is 0 Å². The first kappa shape index (κ1) is 28.7. The fraction of sp³-hybridized carbons (Fsp3) is 0.300. The molecule has 0 spiro atoms. The minimum absolute atomic E-state index is 0.0255. The van der Waals surface area contributed by atoms with Gasteiger partial charge in [-0.1, -0.05) is 50.6 Å². The molecule has 3 aromatic rings. The summed E-state index contributed by atoms with van der Waals surface area (Å²) in [5.74, 6) is 0.157. The predicted octanol–water partition coefficient (Wildman–Crippen LogP) is 7.03. The second-order valence-corrected chi connectivity index (χ2v) is 10.4. The molecule has 0 heterocycles. The number of ether oxygens (including phenoxy) is 2. The molecular weight excluding hydrogens is 504 g/mol. The number of anilines is 2. The van der Waals surface area contributed by atoms with Crippen molar-refractivity contribution >= 4 is 40.8 Å². The van der Waals surface area contributed by atoms with Gasteiger partial charge in [-0.05, 0) is 78.4 Å². The van der Waals surface area contributed by atoms with Gasteiger partial charge in [0.15, 0.2) is 6.61 Å². The van der Waals surface area contributed by atoms with Crippen LogP contribution in [0.2, 0.25) is 5.02 Å². The molecule has 3 aromatic carbocycles. The summed E-state index contributed by atoms with van der Waals surface area (Å²) in [6.45, 7) is 7.90. The molecule has 0 bridgehead atoms. The first-order chi connectivity index (χ1) is 18.0. The van der Waals surface area contributed by atoms with E-state index in [0.29, 0.717) is 28.6 Å². The van der Waals surface area contributed by atoms with Crippen molar-refractivity contribution in [3.05, 3.63) is 82.9 Å². The van der Waals surface area contributed by atoms with Gasteiger partial charge in [-0.2, -0.15) is 0 Å². The van der Waals surface area contributed by atoms with Gasteiger partial charge in [0.25, 0.3) is 5.91 Å². The van der Waals surface area contributed by atoms with Crippen LogP contribution in [0.1, 0.15) is 51.2 Å². The van der Waals surface area contributed by atoms with Gasteiger partial charge < -0.3 is 20.1 Å². The maximum Gasteiger partial charge on any atom is 0.306 e. The number of carbonyl (C=O) groups is 3. The molecule has 38 heavy (non-hydrogen) atoms. The van der Waals surface area contributed by atoms with Crippen molar-refractivity contribution in [1.29, 1.82) is 0 Å². The number of halogens is 1. The maximum atomic E-state index is 12.2. The largest absolute Gasteiger partial charge is 0.457 e. The third-order valence-corrected chi connectivity index (χ3v) is 5.95. The SMILES string of the molecule is Cc1ccc(Cl)cc1NC(=O)COC(=O)CCCC(=O)Nc1ccc(Oc2ccc(C(C)(C)C)cc2)cc1. The van der Waals surface area contributed by atoms with Crippen LogP contribution in [0, 0.1) is 6.92 Å². The quantitative estimate of drug-likeness (QED) is 0.271. The lowest BCUT2D eigenvalue weighted by Gasteiger charge is -2.19. The fourth-order valence-corrected chi connectivity index (χ4v) is 3.69. The molecule has 0 aromatic heterocycles. The fourth-order valence-electron chi connectivity index (χ4n) is 3.52. The molecule has 2 amide bonds. The number of carbonyl (C=O) groups excluding carboxylic acids is 3. The van der Waals surface area contributed by atoms with Crippen LogP contribution in [0.25, 0.3) is 0 Å². The highest BCUT2D eigenvalue weighted by molar-refractivity contribution is 6.31.